The molecule has 0 atom stereocenters. The number of rotatable bonds is 4. The minimum atomic E-state index is -0.279. The van der Waals surface area contributed by atoms with Crippen LogP contribution in [0.15, 0.2) is 165 Å². The molecule has 12 heteroatoms. The maximum atomic E-state index is 14.3. The summed E-state index contributed by atoms with van der Waals surface area (Å²) in [4.78, 5) is 48.3. The molecule has 0 spiro atoms. The van der Waals surface area contributed by atoms with E-state index in [1.54, 1.807) is 33.4 Å². The van der Waals surface area contributed by atoms with E-state index in [2.05, 4.69) is 0 Å². The number of aromatic nitrogens is 4. The van der Waals surface area contributed by atoms with E-state index in [-0.39, 0.29) is 43.4 Å². The molecule has 11 rings (SSSR count). The fourth-order valence-electron chi connectivity index (χ4n) is 7.41. The van der Waals surface area contributed by atoms with Crippen LogP contribution in [0.2, 0.25) is 10.0 Å². The Bertz CT molecular complexity index is 3220. The van der Waals surface area contributed by atoms with Crippen molar-refractivity contribution in [2.45, 2.75) is 0 Å². The van der Waals surface area contributed by atoms with E-state index < -0.39 is 0 Å². The van der Waals surface area contributed by atoms with E-state index in [0.29, 0.717) is 67.7 Å². The first kappa shape index (κ1) is 33.9. The number of benzene rings is 7. The lowest BCUT2D eigenvalue weighted by Crippen LogP contribution is -2.24. The summed E-state index contributed by atoms with van der Waals surface area (Å²) >= 11 is 14.1. The van der Waals surface area contributed by atoms with E-state index in [1.807, 2.05) is 121 Å². The van der Waals surface area contributed by atoms with Crippen LogP contribution >= 0.6 is 23.2 Å². The molecule has 9 aromatic rings. The number of hydrogen-bond donors (Lipinski definition) is 0. The Labute approximate surface area is 337 Å². The third-order valence-electron chi connectivity index (χ3n) is 10.1. The van der Waals surface area contributed by atoms with Crippen LogP contribution < -0.4 is 31.3 Å². The first-order valence-corrected chi connectivity index (χ1v) is 18.9. The predicted molar refractivity (Wildman–Crippen MR) is 224 cm³/mol. The molecule has 0 saturated carbocycles. The summed E-state index contributed by atoms with van der Waals surface area (Å²) in [7, 11) is 0. The Morgan fingerprint density at radius 3 is 1.21 bits per heavy atom. The molecule has 0 aliphatic carbocycles. The first-order valence-electron chi connectivity index (χ1n) is 18.2. The Morgan fingerprint density at radius 1 is 0.466 bits per heavy atom. The second-order valence-corrected chi connectivity index (χ2v) is 14.4. The third kappa shape index (κ3) is 5.27. The molecule has 0 bridgehead atoms. The Hall–Kier alpha value is -7.40. The van der Waals surface area contributed by atoms with Gasteiger partial charge in [-0.15, -0.1) is 0 Å². The highest BCUT2D eigenvalue weighted by molar-refractivity contribution is 6.35. The number of nitrogens with zero attached hydrogens (tertiary/aromatic N) is 6. The molecule has 7 aromatic carbocycles. The molecule has 0 amide bonds. The van der Waals surface area contributed by atoms with Crippen molar-refractivity contribution in [1.29, 1.82) is 0 Å². The molecule has 2 aliphatic rings. The molecule has 0 radical (unpaired) electrons. The highest BCUT2D eigenvalue weighted by Crippen LogP contribution is 2.44. The summed E-state index contributed by atoms with van der Waals surface area (Å²) in [5, 5.41) is 1.30. The van der Waals surface area contributed by atoms with Gasteiger partial charge in [0.25, 0.3) is 11.1 Å². The van der Waals surface area contributed by atoms with Crippen molar-refractivity contribution < 1.29 is 9.47 Å². The zero-order chi connectivity index (χ0) is 39.1. The Morgan fingerprint density at radius 2 is 0.828 bits per heavy atom. The van der Waals surface area contributed by atoms with Gasteiger partial charge in [0.15, 0.2) is 23.0 Å². The van der Waals surface area contributed by atoms with Crippen LogP contribution in [0.1, 0.15) is 0 Å². The Kier molecular flexibility index (Phi) is 7.65. The molecule has 276 valence electrons. The Balaban J connectivity index is 1.08. The molecule has 4 heterocycles. The molecule has 0 N–H and O–H groups in total. The summed E-state index contributed by atoms with van der Waals surface area (Å²) in [5.74, 6) is 1.91. The fourth-order valence-corrected chi connectivity index (χ4v) is 7.92. The number of ether oxygens (including phenoxy) is 2. The minimum absolute atomic E-state index is 0.103. The van der Waals surface area contributed by atoms with Crippen molar-refractivity contribution in [3.8, 4) is 57.1 Å². The smallest absolute Gasteiger partial charge is 0.266 e. The molecular formula is C46H24Cl2N6O4. The molecule has 58 heavy (non-hydrogen) atoms. The molecule has 0 unspecified atom stereocenters. The molecule has 10 nitrogen and oxygen atoms in total. The first-order chi connectivity index (χ1) is 28.4. The predicted octanol–water partition coefficient (Wildman–Crippen LogP) is 9.84. The lowest BCUT2D eigenvalue weighted by atomic mass is 10.1. The average Bonchev–Trinajstić information content (AvgIpc) is 3.27. The van der Waals surface area contributed by atoms with Gasteiger partial charge in [-0.25, -0.2) is 20.0 Å². The molecule has 0 fully saturated rings. The van der Waals surface area contributed by atoms with Crippen molar-refractivity contribution >= 4 is 56.4 Å². The van der Waals surface area contributed by atoms with Crippen LogP contribution in [0.5, 0.6) is 23.0 Å². The zero-order valence-electron chi connectivity index (χ0n) is 29.9. The van der Waals surface area contributed by atoms with Gasteiger partial charge >= 0.3 is 0 Å². The van der Waals surface area contributed by atoms with Crippen LogP contribution in [0, 0.1) is 0 Å². The highest BCUT2D eigenvalue weighted by atomic mass is 35.5. The quantitative estimate of drug-likeness (QED) is 0.175. The number of hydrogen-bond acceptors (Lipinski definition) is 8. The molecule has 2 aliphatic heterocycles. The van der Waals surface area contributed by atoms with Gasteiger partial charge in [-0.05, 0) is 36.4 Å². The fraction of sp³-hybridized carbons (Fsp3) is 0. The van der Waals surface area contributed by atoms with E-state index in [9.17, 15) is 9.59 Å². The van der Waals surface area contributed by atoms with Crippen molar-refractivity contribution in [1.82, 2.24) is 19.1 Å². The number of halogens is 2. The number of fused-ring (bicyclic) bond motifs is 6. The van der Waals surface area contributed by atoms with Gasteiger partial charge in [-0.3, -0.25) is 18.7 Å². The van der Waals surface area contributed by atoms with Gasteiger partial charge < -0.3 is 9.47 Å². The molecule has 2 aromatic heterocycles. The van der Waals surface area contributed by atoms with Crippen LogP contribution in [0.3, 0.4) is 0 Å². The second-order valence-electron chi connectivity index (χ2n) is 13.6. The third-order valence-corrected chi connectivity index (χ3v) is 10.8. The maximum Gasteiger partial charge on any atom is 0.266 e. The van der Waals surface area contributed by atoms with E-state index >= 15 is 0 Å². The summed E-state index contributed by atoms with van der Waals surface area (Å²) in [5.41, 5.74) is 3.84. The van der Waals surface area contributed by atoms with Gasteiger partial charge in [0.1, 0.15) is 43.8 Å². The zero-order valence-corrected chi connectivity index (χ0v) is 31.4. The van der Waals surface area contributed by atoms with Gasteiger partial charge in [0, 0.05) is 23.3 Å². The van der Waals surface area contributed by atoms with Gasteiger partial charge in [-0.1, -0.05) is 120 Å². The van der Waals surface area contributed by atoms with Gasteiger partial charge in [0.2, 0.25) is 0 Å². The van der Waals surface area contributed by atoms with Crippen LogP contribution in [-0.4, -0.2) is 19.1 Å². The van der Waals surface area contributed by atoms with E-state index in [0.717, 1.165) is 11.1 Å². The second kappa shape index (κ2) is 13.1. The van der Waals surface area contributed by atoms with E-state index in [4.69, 9.17) is 52.6 Å². The van der Waals surface area contributed by atoms with Crippen molar-refractivity contribution in [2.75, 3.05) is 0 Å². The monoisotopic (exact) mass is 794 g/mol. The van der Waals surface area contributed by atoms with Crippen molar-refractivity contribution in [2.24, 2.45) is 9.98 Å². The largest absolute Gasteiger partial charge is 0.451 e. The topological polar surface area (TPSA) is 113 Å². The maximum absolute atomic E-state index is 14.3. The average molecular weight is 796 g/mol. The summed E-state index contributed by atoms with van der Waals surface area (Å²) in [6.07, 6.45) is 0. The van der Waals surface area contributed by atoms with Crippen molar-refractivity contribution in [3.63, 3.8) is 0 Å². The van der Waals surface area contributed by atoms with E-state index in [1.165, 1.54) is 0 Å². The lowest BCUT2D eigenvalue weighted by molar-refractivity contribution is 0.452. The molecular weight excluding hydrogens is 771 g/mol. The highest BCUT2D eigenvalue weighted by Gasteiger charge is 2.29. The lowest BCUT2D eigenvalue weighted by Gasteiger charge is -2.22. The SMILES string of the molecule is O=c1c2cc3c(cc2nc(-c2ccccc2)n1-c1ccccc1)Oc1c(Cl)c2c(c(Cl)c1=N3)Oc1cc3nc(-c4ccccc4)n(-c4ccccc4)c(=O)c3cc1N=2. The van der Waals surface area contributed by atoms with Crippen LogP contribution in [0.25, 0.3) is 56.0 Å². The van der Waals surface area contributed by atoms with Gasteiger partial charge in [-0.2, -0.15) is 0 Å². The van der Waals surface area contributed by atoms with Gasteiger partial charge in [0.05, 0.1) is 33.2 Å². The summed E-state index contributed by atoms with van der Waals surface area (Å²) in [6.45, 7) is 0. The summed E-state index contributed by atoms with van der Waals surface area (Å²) < 4.78 is 16.0. The molecule has 0 saturated heterocycles. The minimum Gasteiger partial charge on any atom is -0.451 e. The number of para-hydroxylation sites is 2. The standard InChI is InChI=1S/C46H24Cl2N6O4/c47-37-40-42(58-36-24-32-30(22-34(36)50-40)46(56)54(28-19-11-4-12-20-28)44(52-32)26-15-7-2-8-16-26)38(48)39-41(37)57-35-23-31-29(21-33(35)49-39)45(55)53(27-17-9-3-10-18-27)43(51-31)25-13-5-1-6-14-25/h1-24H. The van der Waals surface area contributed by atoms with Crippen LogP contribution in [-0.2, 0) is 0 Å². The normalized spacial score (nSPS) is 12.3. The van der Waals surface area contributed by atoms with Crippen LogP contribution in [0.4, 0.5) is 11.4 Å². The summed E-state index contributed by atoms with van der Waals surface area (Å²) in [6, 6.07) is 44.4. The van der Waals surface area contributed by atoms with Crippen molar-refractivity contribution in [3.05, 3.63) is 187 Å².